The van der Waals surface area contributed by atoms with Crippen LogP contribution < -0.4 is 0 Å². The van der Waals surface area contributed by atoms with Crippen LogP contribution >= 0.6 is 0 Å². The van der Waals surface area contributed by atoms with Gasteiger partial charge in [0.2, 0.25) is 0 Å². The van der Waals surface area contributed by atoms with Crippen molar-refractivity contribution in [2.24, 2.45) is 0 Å². The number of esters is 3. The molecule has 79 heavy (non-hydrogen) atoms. The molecule has 0 N–H and O–H groups in total. The molecule has 460 valence electrons. The molecule has 0 aromatic rings. The SMILES string of the molecule is CC/C=C\C/C=C\C/C=C\C/C=C\C/C=C\CCCCCCCCCCCCCCCC(=O)OCC(COC(=O)CCCCCCCC)OC(=O)CCCCCCCCCCCCCCCCCCCCCCCCCCCC. The summed E-state index contributed by atoms with van der Waals surface area (Å²) in [5, 5.41) is 0. The van der Waals surface area contributed by atoms with Gasteiger partial charge < -0.3 is 14.2 Å². The topological polar surface area (TPSA) is 78.9 Å². The van der Waals surface area contributed by atoms with Crippen LogP contribution in [0.25, 0.3) is 0 Å². The second-order valence-corrected chi connectivity index (χ2v) is 23.4. The van der Waals surface area contributed by atoms with Gasteiger partial charge in [0.25, 0.3) is 0 Å². The fraction of sp³-hybridized carbons (Fsp3) is 0.822. The Kier molecular flexibility index (Phi) is 65.1. The van der Waals surface area contributed by atoms with Crippen molar-refractivity contribution in [2.45, 2.75) is 374 Å². The van der Waals surface area contributed by atoms with Crippen LogP contribution in [0, 0.1) is 0 Å². The molecule has 0 aliphatic rings. The summed E-state index contributed by atoms with van der Waals surface area (Å²) in [7, 11) is 0. The number of allylic oxidation sites excluding steroid dienone is 10. The molecule has 0 saturated carbocycles. The van der Waals surface area contributed by atoms with Gasteiger partial charge in [0, 0.05) is 19.3 Å². The first kappa shape index (κ1) is 76.1. The third kappa shape index (κ3) is 65.8. The maximum atomic E-state index is 12.9. The van der Waals surface area contributed by atoms with Crippen LogP contribution in [0.15, 0.2) is 60.8 Å². The van der Waals surface area contributed by atoms with Gasteiger partial charge in [-0.2, -0.15) is 0 Å². The van der Waals surface area contributed by atoms with Crippen molar-refractivity contribution in [2.75, 3.05) is 13.2 Å². The summed E-state index contributed by atoms with van der Waals surface area (Å²) in [5.74, 6) is -0.858. The van der Waals surface area contributed by atoms with Crippen LogP contribution in [0.5, 0.6) is 0 Å². The minimum atomic E-state index is -0.769. The molecule has 0 radical (unpaired) electrons. The molecule has 0 aliphatic heterocycles. The highest BCUT2D eigenvalue weighted by atomic mass is 16.6. The molecule has 0 fully saturated rings. The largest absolute Gasteiger partial charge is 0.462 e. The Hall–Kier alpha value is -2.89. The lowest BCUT2D eigenvalue weighted by atomic mass is 10.0. The molecule has 0 amide bonds. The van der Waals surface area contributed by atoms with Crippen molar-refractivity contribution in [1.82, 2.24) is 0 Å². The number of hydrogen-bond donors (Lipinski definition) is 0. The second kappa shape index (κ2) is 67.6. The van der Waals surface area contributed by atoms with Crippen molar-refractivity contribution in [3.05, 3.63) is 60.8 Å². The summed E-state index contributed by atoms with van der Waals surface area (Å²) in [5.41, 5.74) is 0. The maximum absolute atomic E-state index is 12.9. The Labute approximate surface area is 491 Å². The van der Waals surface area contributed by atoms with Crippen LogP contribution in [0.2, 0.25) is 0 Å². The average molecular weight is 1110 g/mol. The lowest BCUT2D eigenvalue weighted by molar-refractivity contribution is -0.167. The zero-order chi connectivity index (χ0) is 57.1. The van der Waals surface area contributed by atoms with Gasteiger partial charge in [0.1, 0.15) is 13.2 Å². The summed E-state index contributed by atoms with van der Waals surface area (Å²) in [6.45, 7) is 6.53. The summed E-state index contributed by atoms with van der Waals surface area (Å²) in [4.78, 5) is 38.1. The number of hydrogen-bond acceptors (Lipinski definition) is 6. The quantitative estimate of drug-likeness (QED) is 0.0261. The highest BCUT2D eigenvalue weighted by Gasteiger charge is 2.19. The molecular formula is C73H132O6. The van der Waals surface area contributed by atoms with E-state index in [2.05, 4.69) is 81.5 Å². The van der Waals surface area contributed by atoms with E-state index < -0.39 is 6.10 Å². The van der Waals surface area contributed by atoms with Gasteiger partial charge >= 0.3 is 17.9 Å². The number of unbranched alkanes of at least 4 members (excludes halogenated alkanes) is 43. The van der Waals surface area contributed by atoms with Crippen molar-refractivity contribution < 1.29 is 28.6 Å². The molecule has 0 aliphatic carbocycles. The number of ether oxygens (including phenoxy) is 3. The number of carbonyl (C=O) groups is 3. The Bertz CT molecular complexity index is 1410. The zero-order valence-corrected chi connectivity index (χ0v) is 52.9. The van der Waals surface area contributed by atoms with Crippen LogP contribution in [0.4, 0.5) is 0 Å². The molecule has 6 heteroatoms. The van der Waals surface area contributed by atoms with E-state index >= 15 is 0 Å². The molecule has 0 bridgehead atoms. The Morgan fingerprint density at radius 1 is 0.266 bits per heavy atom. The fourth-order valence-electron chi connectivity index (χ4n) is 10.4. The molecule has 1 atom stereocenters. The summed E-state index contributed by atoms with van der Waals surface area (Å²) in [6.07, 6.45) is 87.2. The summed E-state index contributed by atoms with van der Waals surface area (Å²) >= 11 is 0. The predicted octanol–water partition coefficient (Wildman–Crippen LogP) is 23.9. The van der Waals surface area contributed by atoms with Gasteiger partial charge in [-0.1, -0.05) is 345 Å². The van der Waals surface area contributed by atoms with E-state index in [0.717, 1.165) is 89.9 Å². The Balaban J connectivity index is 4.00. The molecule has 0 saturated heterocycles. The predicted molar refractivity (Wildman–Crippen MR) is 344 cm³/mol. The van der Waals surface area contributed by atoms with E-state index in [4.69, 9.17) is 14.2 Å². The fourth-order valence-corrected chi connectivity index (χ4v) is 10.4. The van der Waals surface area contributed by atoms with E-state index in [1.165, 1.54) is 238 Å². The average Bonchev–Trinajstić information content (AvgIpc) is 3.45. The van der Waals surface area contributed by atoms with Crippen LogP contribution in [0.1, 0.15) is 367 Å². The summed E-state index contributed by atoms with van der Waals surface area (Å²) < 4.78 is 16.9. The van der Waals surface area contributed by atoms with Gasteiger partial charge in [-0.3, -0.25) is 14.4 Å². The molecule has 0 aromatic heterocycles. The van der Waals surface area contributed by atoms with Crippen LogP contribution in [0.3, 0.4) is 0 Å². The minimum absolute atomic E-state index is 0.0698. The molecular weight excluding hydrogens is 973 g/mol. The van der Waals surface area contributed by atoms with Crippen LogP contribution in [-0.4, -0.2) is 37.2 Å². The minimum Gasteiger partial charge on any atom is -0.462 e. The van der Waals surface area contributed by atoms with Gasteiger partial charge in [-0.25, -0.2) is 0 Å². The molecule has 1 unspecified atom stereocenters. The highest BCUT2D eigenvalue weighted by Crippen LogP contribution is 2.18. The van der Waals surface area contributed by atoms with Gasteiger partial charge in [-0.15, -0.1) is 0 Å². The molecule has 0 rings (SSSR count). The van der Waals surface area contributed by atoms with E-state index in [-0.39, 0.29) is 31.1 Å². The first-order valence-electron chi connectivity index (χ1n) is 34.8. The normalized spacial score (nSPS) is 12.4. The zero-order valence-electron chi connectivity index (χ0n) is 52.9. The van der Waals surface area contributed by atoms with Gasteiger partial charge in [0.05, 0.1) is 0 Å². The van der Waals surface area contributed by atoms with Crippen molar-refractivity contribution in [1.29, 1.82) is 0 Å². The highest BCUT2D eigenvalue weighted by molar-refractivity contribution is 5.71. The molecule has 6 nitrogen and oxygen atoms in total. The second-order valence-electron chi connectivity index (χ2n) is 23.4. The Morgan fingerprint density at radius 2 is 0.494 bits per heavy atom. The first-order valence-corrected chi connectivity index (χ1v) is 34.8. The maximum Gasteiger partial charge on any atom is 0.306 e. The molecule has 0 aromatic carbocycles. The third-order valence-corrected chi connectivity index (χ3v) is 15.5. The third-order valence-electron chi connectivity index (χ3n) is 15.5. The number of rotatable bonds is 64. The van der Waals surface area contributed by atoms with Crippen LogP contribution in [-0.2, 0) is 28.6 Å². The number of carbonyl (C=O) groups excluding carboxylic acids is 3. The Morgan fingerprint density at radius 3 is 0.772 bits per heavy atom. The van der Waals surface area contributed by atoms with Crippen molar-refractivity contribution in [3.8, 4) is 0 Å². The smallest absolute Gasteiger partial charge is 0.306 e. The van der Waals surface area contributed by atoms with E-state index in [9.17, 15) is 14.4 Å². The van der Waals surface area contributed by atoms with Crippen molar-refractivity contribution >= 4 is 17.9 Å². The molecule has 0 heterocycles. The van der Waals surface area contributed by atoms with E-state index in [0.29, 0.717) is 19.3 Å². The lowest BCUT2D eigenvalue weighted by Gasteiger charge is -2.18. The monoisotopic (exact) mass is 1110 g/mol. The summed E-state index contributed by atoms with van der Waals surface area (Å²) in [6, 6.07) is 0. The van der Waals surface area contributed by atoms with Gasteiger partial charge in [0.15, 0.2) is 6.10 Å². The lowest BCUT2D eigenvalue weighted by Crippen LogP contribution is -2.30. The standard InChI is InChI=1S/C73H132O6/c1-4-7-10-13-16-18-20-22-24-26-28-30-32-34-36-37-38-40-41-43-45-47-49-51-53-55-57-60-63-66-72(75)78-69-70(68-77-71(74)65-62-59-15-12-9-6-3)79-73(76)67-64-61-58-56-54-52-50-48-46-44-42-39-35-33-31-29-27-25-23-21-19-17-14-11-8-5-2/h7,10,16,18,22,24,28,30,34,36,70H,4-6,8-9,11-15,17,19-21,23,25-27,29,31-33,35,37-69H2,1-3H3/b10-7-,18-16-,24-22-,30-28-,36-34-. The van der Waals surface area contributed by atoms with E-state index in [1.54, 1.807) is 0 Å². The van der Waals surface area contributed by atoms with Gasteiger partial charge in [-0.05, 0) is 64.2 Å². The first-order chi connectivity index (χ1) is 39.0. The van der Waals surface area contributed by atoms with Crippen molar-refractivity contribution in [3.63, 3.8) is 0 Å². The van der Waals surface area contributed by atoms with E-state index in [1.807, 2.05) is 0 Å². The molecule has 0 spiro atoms.